The molecule has 5 nitrogen and oxygen atoms in total. The Labute approximate surface area is 139 Å². The van der Waals surface area contributed by atoms with Crippen LogP contribution in [-0.2, 0) is 11.2 Å². The lowest BCUT2D eigenvalue weighted by Gasteiger charge is -2.26. The van der Waals surface area contributed by atoms with Crippen LogP contribution in [0.2, 0.25) is 0 Å². The molecule has 1 N–H and O–H groups in total. The summed E-state index contributed by atoms with van der Waals surface area (Å²) < 4.78 is 11.0. The summed E-state index contributed by atoms with van der Waals surface area (Å²) in [5.74, 6) is 0.813. The summed E-state index contributed by atoms with van der Waals surface area (Å²) in [5.41, 5.74) is 1.78. The topological polar surface area (TPSA) is 50.8 Å². The molecule has 1 aliphatic heterocycles. The summed E-state index contributed by atoms with van der Waals surface area (Å²) in [4.78, 5) is 14.4. The quantitative estimate of drug-likeness (QED) is 0.920. The Balaban J connectivity index is 2.01. The first-order chi connectivity index (χ1) is 11.0. The first-order valence-electron chi connectivity index (χ1n) is 8.29. The number of nitrogens with zero attached hydrogens (tertiary/aromatic N) is 1. The summed E-state index contributed by atoms with van der Waals surface area (Å²) in [6.07, 6.45) is 3.69. The molecule has 0 bridgehead atoms. The predicted octanol–water partition coefficient (Wildman–Crippen LogP) is 3.68. The number of aryl methyl sites for hydroxylation is 1. The van der Waals surface area contributed by atoms with Gasteiger partial charge in [-0.2, -0.15) is 0 Å². The van der Waals surface area contributed by atoms with Gasteiger partial charge in [0.15, 0.2) is 0 Å². The molecule has 1 heterocycles. The third-order valence-electron chi connectivity index (χ3n) is 4.74. The van der Waals surface area contributed by atoms with Gasteiger partial charge in [-0.25, -0.2) is 4.79 Å². The van der Waals surface area contributed by atoms with Gasteiger partial charge in [0.05, 0.1) is 12.7 Å². The molecule has 5 heteroatoms. The van der Waals surface area contributed by atoms with Crippen molar-refractivity contribution in [1.82, 2.24) is 4.90 Å². The SMILES string of the molecule is CCc1ccc(NC(=O)N2CCC[C@](C)(OC)CC2)cc1OC. The van der Waals surface area contributed by atoms with Crippen molar-refractivity contribution in [2.45, 2.75) is 45.1 Å². The second kappa shape index (κ2) is 7.68. The summed E-state index contributed by atoms with van der Waals surface area (Å²) in [7, 11) is 3.40. The average molecular weight is 320 g/mol. The molecule has 0 saturated carbocycles. The van der Waals surface area contributed by atoms with E-state index in [1.807, 2.05) is 23.1 Å². The van der Waals surface area contributed by atoms with E-state index >= 15 is 0 Å². The number of nitrogens with one attached hydrogen (secondary N) is 1. The number of likely N-dealkylation sites (tertiary alicyclic amines) is 1. The van der Waals surface area contributed by atoms with Crippen LogP contribution in [0.15, 0.2) is 18.2 Å². The minimum atomic E-state index is -0.124. The molecule has 0 aliphatic carbocycles. The Morgan fingerprint density at radius 1 is 1.30 bits per heavy atom. The molecule has 2 amide bonds. The lowest BCUT2D eigenvalue weighted by molar-refractivity contribution is -0.00491. The first kappa shape index (κ1) is 17.6. The molecule has 2 rings (SSSR count). The van der Waals surface area contributed by atoms with Gasteiger partial charge in [-0.3, -0.25) is 0 Å². The molecule has 1 atom stereocenters. The van der Waals surface area contributed by atoms with Crippen molar-refractivity contribution in [3.05, 3.63) is 23.8 Å². The van der Waals surface area contributed by atoms with E-state index < -0.39 is 0 Å². The van der Waals surface area contributed by atoms with Crippen molar-refractivity contribution < 1.29 is 14.3 Å². The number of urea groups is 1. The Morgan fingerprint density at radius 2 is 2.09 bits per heavy atom. The maximum Gasteiger partial charge on any atom is 0.321 e. The van der Waals surface area contributed by atoms with E-state index in [1.54, 1.807) is 14.2 Å². The first-order valence-corrected chi connectivity index (χ1v) is 8.29. The van der Waals surface area contributed by atoms with Gasteiger partial charge in [-0.1, -0.05) is 13.0 Å². The highest BCUT2D eigenvalue weighted by atomic mass is 16.5. The minimum absolute atomic E-state index is 0.0587. The number of anilines is 1. The summed E-state index contributed by atoms with van der Waals surface area (Å²) in [5, 5.41) is 2.98. The van der Waals surface area contributed by atoms with Crippen LogP contribution in [0.25, 0.3) is 0 Å². The lowest BCUT2D eigenvalue weighted by atomic mass is 9.97. The third-order valence-corrected chi connectivity index (χ3v) is 4.74. The largest absolute Gasteiger partial charge is 0.496 e. The summed E-state index contributed by atoms with van der Waals surface area (Å²) >= 11 is 0. The normalized spacial score (nSPS) is 21.7. The zero-order valence-corrected chi connectivity index (χ0v) is 14.6. The van der Waals surface area contributed by atoms with Gasteiger partial charge in [-0.15, -0.1) is 0 Å². The molecule has 1 aromatic carbocycles. The average Bonchev–Trinajstić information content (AvgIpc) is 2.77. The van der Waals surface area contributed by atoms with Gasteiger partial charge in [-0.05, 0) is 44.2 Å². The number of rotatable bonds is 4. The molecule has 1 saturated heterocycles. The van der Waals surface area contributed by atoms with Crippen LogP contribution in [0, 0.1) is 0 Å². The van der Waals surface area contributed by atoms with E-state index in [4.69, 9.17) is 9.47 Å². The smallest absolute Gasteiger partial charge is 0.321 e. The van der Waals surface area contributed by atoms with E-state index in [2.05, 4.69) is 19.2 Å². The number of ether oxygens (including phenoxy) is 2. The number of carbonyl (C=O) groups excluding carboxylic acids is 1. The van der Waals surface area contributed by atoms with Gasteiger partial charge in [0.25, 0.3) is 0 Å². The molecule has 1 fully saturated rings. The van der Waals surface area contributed by atoms with Crippen molar-refractivity contribution >= 4 is 11.7 Å². The Bertz CT molecular complexity index is 547. The number of carbonyl (C=O) groups is 1. The number of methoxy groups -OCH3 is 2. The maximum absolute atomic E-state index is 12.5. The van der Waals surface area contributed by atoms with Crippen LogP contribution in [0.5, 0.6) is 5.75 Å². The summed E-state index contributed by atoms with van der Waals surface area (Å²) in [6.45, 7) is 5.66. The van der Waals surface area contributed by atoms with Crippen LogP contribution in [0.4, 0.5) is 10.5 Å². The third kappa shape index (κ3) is 4.38. The van der Waals surface area contributed by atoms with E-state index in [-0.39, 0.29) is 11.6 Å². The molecule has 0 radical (unpaired) electrons. The van der Waals surface area contributed by atoms with Crippen LogP contribution < -0.4 is 10.1 Å². The highest BCUT2D eigenvalue weighted by molar-refractivity contribution is 5.89. The monoisotopic (exact) mass is 320 g/mol. The zero-order chi connectivity index (χ0) is 16.9. The lowest BCUT2D eigenvalue weighted by Crippen LogP contribution is -2.37. The Morgan fingerprint density at radius 3 is 2.74 bits per heavy atom. The van der Waals surface area contributed by atoms with Gasteiger partial charge in [0, 0.05) is 32.0 Å². The molecule has 1 aromatic rings. The number of hydrogen-bond acceptors (Lipinski definition) is 3. The van der Waals surface area contributed by atoms with Gasteiger partial charge >= 0.3 is 6.03 Å². The highest BCUT2D eigenvalue weighted by Gasteiger charge is 2.29. The maximum atomic E-state index is 12.5. The molecular weight excluding hydrogens is 292 g/mol. The van der Waals surface area contributed by atoms with Crippen molar-refractivity contribution in [3.8, 4) is 5.75 Å². The molecule has 0 aromatic heterocycles. The van der Waals surface area contributed by atoms with Crippen LogP contribution in [0.3, 0.4) is 0 Å². The Hall–Kier alpha value is -1.75. The van der Waals surface area contributed by atoms with Gasteiger partial charge < -0.3 is 19.7 Å². The van der Waals surface area contributed by atoms with Crippen molar-refractivity contribution in [2.75, 3.05) is 32.6 Å². The molecule has 23 heavy (non-hydrogen) atoms. The fraction of sp³-hybridized carbons (Fsp3) is 0.611. The standard InChI is InChI=1S/C18H28N2O3/c1-5-14-7-8-15(13-16(14)22-3)19-17(21)20-11-6-9-18(2,23-4)10-12-20/h7-8,13H,5-6,9-12H2,1-4H3,(H,19,21)/t18-/m0/s1. The van der Waals surface area contributed by atoms with Gasteiger partial charge in [0.1, 0.15) is 5.75 Å². The molecular formula is C18H28N2O3. The molecule has 0 unspecified atom stereocenters. The molecule has 0 spiro atoms. The zero-order valence-electron chi connectivity index (χ0n) is 14.6. The van der Waals surface area contributed by atoms with Crippen molar-refractivity contribution in [2.24, 2.45) is 0 Å². The molecule has 128 valence electrons. The van der Waals surface area contributed by atoms with Crippen LogP contribution in [-0.4, -0.2) is 43.8 Å². The van der Waals surface area contributed by atoms with E-state index in [9.17, 15) is 4.79 Å². The second-order valence-electron chi connectivity index (χ2n) is 6.30. The van der Waals surface area contributed by atoms with Crippen molar-refractivity contribution in [3.63, 3.8) is 0 Å². The molecule has 1 aliphatic rings. The fourth-order valence-corrected chi connectivity index (χ4v) is 2.98. The van der Waals surface area contributed by atoms with Crippen LogP contribution in [0.1, 0.15) is 38.7 Å². The minimum Gasteiger partial charge on any atom is -0.496 e. The van der Waals surface area contributed by atoms with Crippen molar-refractivity contribution in [1.29, 1.82) is 0 Å². The van der Waals surface area contributed by atoms with E-state index in [0.717, 1.165) is 49.2 Å². The summed E-state index contributed by atoms with van der Waals surface area (Å²) in [6, 6.07) is 5.75. The second-order valence-corrected chi connectivity index (χ2v) is 6.30. The number of benzene rings is 1. The fourth-order valence-electron chi connectivity index (χ4n) is 2.98. The van der Waals surface area contributed by atoms with Crippen LogP contribution >= 0.6 is 0 Å². The number of amides is 2. The predicted molar refractivity (Wildman–Crippen MR) is 92.2 cm³/mol. The highest BCUT2D eigenvalue weighted by Crippen LogP contribution is 2.26. The Kier molecular flexibility index (Phi) is 5.88. The number of hydrogen-bond donors (Lipinski definition) is 1. The van der Waals surface area contributed by atoms with Gasteiger partial charge in [0.2, 0.25) is 0 Å². The van der Waals surface area contributed by atoms with E-state index in [1.165, 1.54) is 0 Å². The van der Waals surface area contributed by atoms with E-state index in [0.29, 0.717) is 6.54 Å².